The van der Waals surface area contributed by atoms with E-state index in [1.165, 1.54) is 0 Å². The predicted octanol–water partition coefficient (Wildman–Crippen LogP) is 2.48. The van der Waals surface area contributed by atoms with Crippen LogP contribution in [-0.2, 0) is 13.0 Å². The molecule has 1 aromatic heterocycles. The van der Waals surface area contributed by atoms with Gasteiger partial charge in [0.05, 0.1) is 0 Å². The summed E-state index contributed by atoms with van der Waals surface area (Å²) in [5.74, 6) is 1.35. The predicted molar refractivity (Wildman–Crippen MR) is 65.0 cm³/mol. The molecule has 0 fully saturated rings. The lowest BCUT2D eigenvalue weighted by Gasteiger charge is -2.04. The summed E-state index contributed by atoms with van der Waals surface area (Å²) in [6.45, 7) is 10.7. The molecule has 1 N–H and O–H groups in total. The zero-order chi connectivity index (χ0) is 11.3. The zero-order valence-electron chi connectivity index (χ0n) is 10.1. The van der Waals surface area contributed by atoms with E-state index in [4.69, 9.17) is 0 Å². The Balaban J connectivity index is 2.33. The van der Waals surface area contributed by atoms with Crippen LogP contribution in [0.4, 0.5) is 0 Å². The number of rotatable bonds is 6. The van der Waals surface area contributed by atoms with Gasteiger partial charge in [0.2, 0.25) is 0 Å². The lowest BCUT2D eigenvalue weighted by atomic mass is 10.1. The smallest absolute Gasteiger partial charge is 0.131 e. The van der Waals surface area contributed by atoms with Crippen LogP contribution in [0.5, 0.6) is 0 Å². The van der Waals surface area contributed by atoms with Crippen LogP contribution in [0, 0.1) is 11.8 Å². The first-order chi connectivity index (χ1) is 7.08. The van der Waals surface area contributed by atoms with Crippen molar-refractivity contribution in [3.05, 3.63) is 10.0 Å². The average Bonchev–Trinajstić information content (AvgIpc) is 2.50. The Labute approximate surface area is 96.3 Å². The molecule has 0 atom stereocenters. The summed E-state index contributed by atoms with van der Waals surface area (Å²) in [6.07, 6.45) is 1.04. The first kappa shape index (κ1) is 12.6. The summed E-state index contributed by atoms with van der Waals surface area (Å²) in [6, 6.07) is 0. The molecular weight excluding hydrogens is 206 g/mol. The van der Waals surface area contributed by atoms with Crippen molar-refractivity contribution in [1.29, 1.82) is 0 Å². The van der Waals surface area contributed by atoms with Crippen molar-refractivity contribution in [3.8, 4) is 0 Å². The van der Waals surface area contributed by atoms with E-state index in [1.807, 2.05) is 0 Å². The molecular formula is C11H21N3S. The fourth-order valence-electron chi connectivity index (χ4n) is 1.26. The Kier molecular flexibility index (Phi) is 5.19. The van der Waals surface area contributed by atoms with Gasteiger partial charge in [0, 0.05) is 13.0 Å². The maximum Gasteiger partial charge on any atom is 0.131 e. The molecule has 0 saturated carbocycles. The normalized spacial score (nSPS) is 11.6. The number of nitrogens with one attached hydrogen (secondary N) is 1. The van der Waals surface area contributed by atoms with Gasteiger partial charge in [-0.3, -0.25) is 0 Å². The van der Waals surface area contributed by atoms with Crippen LogP contribution in [0.2, 0.25) is 0 Å². The third-order valence-electron chi connectivity index (χ3n) is 1.92. The van der Waals surface area contributed by atoms with Crippen LogP contribution in [0.3, 0.4) is 0 Å². The van der Waals surface area contributed by atoms with E-state index in [-0.39, 0.29) is 0 Å². The van der Waals surface area contributed by atoms with Crippen molar-refractivity contribution in [3.63, 3.8) is 0 Å². The molecule has 0 spiro atoms. The first-order valence-corrected chi connectivity index (χ1v) is 6.41. The minimum Gasteiger partial charge on any atom is -0.310 e. The Bertz CT molecular complexity index is 281. The number of nitrogens with zero attached hydrogens (tertiary/aromatic N) is 2. The molecule has 0 aliphatic carbocycles. The van der Waals surface area contributed by atoms with Crippen LogP contribution in [0.1, 0.15) is 37.7 Å². The van der Waals surface area contributed by atoms with Crippen molar-refractivity contribution in [2.45, 2.75) is 40.7 Å². The molecule has 0 saturated heterocycles. The van der Waals surface area contributed by atoms with Gasteiger partial charge >= 0.3 is 0 Å². The van der Waals surface area contributed by atoms with Crippen LogP contribution in [0.15, 0.2) is 0 Å². The largest absolute Gasteiger partial charge is 0.310 e. The highest BCUT2D eigenvalue weighted by Crippen LogP contribution is 2.13. The molecule has 4 heteroatoms. The molecule has 0 aliphatic heterocycles. The molecule has 0 aliphatic rings. The summed E-state index contributed by atoms with van der Waals surface area (Å²) in [4.78, 5) is 0. The van der Waals surface area contributed by atoms with Gasteiger partial charge in [0.15, 0.2) is 0 Å². The van der Waals surface area contributed by atoms with E-state index in [9.17, 15) is 0 Å². The van der Waals surface area contributed by atoms with Gasteiger partial charge in [0.25, 0.3) is 0 Å². The SMILES string of the molecule is CC(C)CNCc1nnc(CC(C)C)s1. The topological polar surface area (TPSA) is 37.8 Å². The molecule has 1 aromatic rings. The van der Waals surface area contributed by atoms with E-state index in [1.54, 1.807) is 11.3 Å². The Morgan fingerprint density at radius 2 is 1.73 bits per heavy atom. The Hall–Kier alpha value is -0.480. The van der Waals surface area contributed by atoms with Gasteiger partial charge in [-0.05, 0) is 18.4 Å². The summed E-state index contributed by atoms with van der Waals surface area (Å²) in [5.41, 5.74) is 0. The minimum atomic E-state index is 0.662. The summed E-state index contributed by atoms with van der Waals surface area (Å²) >= 11 is 1.73. The van der Waals surface area contributed by atoms with Crippen molar-refractivity contribution in [2.24, 2.45) is 11.8 Å². The molecule has 86 valence electrons. The van der Waals surface area contributed by atoms with Crippen molar-refractivity contribution < 1.29 is 0 Å². The monoisotopic (exact) mass is 227 g/mol. The third-order valence-corrected chi connectivity index (χ3v) is 2.87. The molecule has 0 radical (unpaired) electrons. The lowest BCUT2D eigenvalue weighted by Crippen LogP contribution is -2.18. The molecule has 0 bridgehead atoms. The maximum atomic E-state index is 4.18. The van der Waals surface area contributed by atoms with E-state index >= 15 is 0 Å². The maximum absolute atomic E-state index is 4.18. The van der Waals surface area contributed by atoms with E-state index in [0.717, 1.165) is 29.5 Å². The third kappa shape index (κ3) is 5.23. The lowest BCUT2D eigenvalue weighted by molar-refractivity contribution is 0.550. The van der Waals surface area contributed by atoms with E-state index in [2.05, 4.69) is 43.2 Å². The van der Waals surface area contributed by atoms with Crippen molar-refractivity contribution in [2.75, 3.05) is 6.54 Å². The standard InChI is InChI=1S/C11H21N3S/c1-8(2)5-10-13-14-11(15-10)7-12-6-9(3)4/h8-9,12H,5-7H2,1-4H3. The van der Waals surface area contributed by atoms with Gasteiger partial charge < -0.3 is 5.32 Å². The van der Waals surface area contributed by atoms with Gasteiger partial charge in [-0.15, -0.1) is 21.5 Å². The summed E-state index contributed by atoms with van der Waals surface area (Å²) in [7, 11) is 0. The number of hydrogen-bond donors (Lipinski definition) is 1. The molecule has 0 aromatic carbocycles. The molecule has 3 nitrogen and oxygen atoms in total. The fraction of sp³-hybridized carbons (Fsp3) is 0.818. The Morgan fingerprint density at radius 3 is 2.33 bits per heavy atom. The average molecular weight is 227 g/mol. The zero-order valence-corrected chi connectivity index (χ0v) is 10.9. The highest BCUT2D eigenvalue weighted by atomic mass is 32.1. The minimum absolute atomic E-state index is 0.662. The van der Waals surface area contributed by atoms with Gasteiger partial charge in [-0.1, -0.05) is 27.7 Å². The van der Waals surface area contributed by atoms with Crippen LogP contribution < -0.4 is 5.32 Å². The second-order valence-electron chi connectivity index (χ2n) is 4.71. The van der Waals surface area contributed by atoms with Gasteiger partial charge in [0.1, 0.15) is 10.0 Å². The number of hydrogen-bond acceptors (Lipinski definition) is 4. The van der Waals surface area contributed by atoms with Crippen LogP contribution in [0.25, 0.3) is 0 Å². The van der Waals surface area contributed by atoms with Crippen molar-refractivity contribution >= 4 is 11.3 Å². The second kappa shape index (κ2) is 6.18. The van der Waals surface area contributed by atoms with Crippen LogP contribution in [-0.4, -0.2) is 16.7 Å². The molecule has 1 rings (SSSR count). The molecule has 1 heterocycles. The van der Waals surface area contributed by atoms with E-state index < -0.39 is 0 Å². The van der Waals surface area contributed by atoms with Crippen LogP contribution >= 0.6 is 11.3 Å². The molecule has 15 heavy (non-hydrogen) atoms. The molecule has 0 amide bonds. The highest BCUT2D eigenvalue weighted by Gasteiger charge is 2.05. The second-order valence-corrected chi connectivity index (χ2v) is 5.86. The van der Waals surface area contributed by atoms with Gasteiger partial charge in [-0.25, -0.2) is 0 Å². The molecule has 0 unspecified atom stereocenters. The Morgan fingerprint density at radius 1 is 1.07 bits per heavy atom. The van der Waals surface area contributed by atoms with Crippen molar-refractivity contribution in [1.82, 2.24) is 15.5 Å². The summed E-state index contributed by atoms with van der Waals surface area (Å²) in [5, 5.41) is 14.0. The quantitative estimate of drug-likeness (QED) is 0.811. The summed E-state index contributed by atoms with van der Waals surface area (Å²) < 4.78 is 0. The first-order valence-electron chi connectivity index (χ1n) is 5.60. The van der Waals surface area contributed by atoms with Gasteiger partial charge in [-0.2, -0.15) is 0 Å². The highest BCUT2D eigenvalue weighted by molar-refractivity contribution is 7.11. The number of aromatic nitrogens is 2. The van der Waals surface area contributed by atoms with E-state index in [0.29, 0.717) is 11.8 Å². The fourth-order valence-corrected chi connectivity index (χ4v) is 2.29.